The summed E-state index contributed by atoms with van der Waals surface area (Å²) in [4.78, 5) is 14.1. The van der Waals surface area contributed by atoms with Gasteiger partial charge in [0.1, 0.15) is 23.2 Å². The molecule has 0 aliphatic carbocycles. The number of hydrogen-bond donors (Lipinski definition) is 2. The van der Waals surface area contributed by atoms with Gasteiger partial charge in [0.15, 0.2) is 6.17 Å². The van der Waals surface area contributed by atoms with Crippen LogP contribution in [0.2, 0.25) is 5.02 Å². The Morgan fingerprint density at radius 1 is 1.11 bits per heavy atom. The molecular weight excluding hydrogens is 394 g/mol. The molecule has 0 fully saturated rings. The number of amides is 1. The zero-order chi connectivity index (χ0) is 19.7. The van der Waals surface area contributed by atoms with Gasteiger partial charge in [0.2, 0.25) is 0 Å². The number of anilines is 1. The average molecular weight is 408 g/mol. The number of benzene rings is 2. The van der Waals surface area contributed by atoms with Gasteiger partial charge in [-0.3, -0.25) is 4.79 Å². The number of halogens is 1. The number of para-hydroxylation sites is 1. The zero-order valence-electron chi connectivity index (χ0n) is 14.5. The number of thiol groups is 1. The number of furan rings is 1. The highest BCUT2D eigenvalue weighted by molar-refractivity contribution is 7.84. The van der Waals surface area contributed by atoms with E-state index in [9.17, 15) is 10.1 Å². The van der Waals surface area contributed by atoms with Gasteiger partial charge >= 0.3 is 0 Å². The van der Waals surface area contributed by atoms with Crippen LogP contribution in [0.4, 0.5) is 5.69 Å². The SMILES string of the molecule is N#CC1=C(S)N(c2ccccc2)[C@H](c2ccc(-c3cccc(Cl)c3)o2)NC1=O. The van der Waals surface area contributed by atoms with Crippen LogP contribution in [0.5, 0.6) is 0 Å². The summed E-state index contributed by atoms with van der Waals surface area (Å²) >= 11 is 10.5. The van der Waals surface area contributed by atoms with Crippen molar-refractivity contribution in [3.05, 3.63) is 88.1 Å². The number of carbonyl (C=O) groups excluding carboxylic acids is 1. The lowest BCUT2D eigenvalue weighted by Crippen LogP contribution is -2.45. The summed E-state index contributed by atoms with van der Waals surface area (Å²) in [7, 11) is 0. The first kappa shape index (κ1) is 18.2. The van der Waals surface area contributed by atoms with Crippen molar-refractivity contribution in [1.82, 2.24) is 5.32 Å². The molecule has 1 aromatic heterocycles. The van der Waals surface area contributed by atoms with Crippen molar-refractivity contribution in [3.63, 3.8) is 0 Å². The van der Waals surface area contributed by atoms with E-state index in [4.69, 9.17) is 16.0 Å². The largest absolute Gasteiger partial charge is 0.457 e. The van der Waals surface area contributed by atoms with Gasteiger partial charge < -0.3 is 14.6 Å². The standard InChI is InChI=1S/C21H14ClN3O2S/c22-14-6-4-5-13(11-14)17-9-10-18(27-17)19-24-20(26)16(12-23)21(28)25(19)15-7-2-1-3-8-15/h1-11,19,28H,(H,24,26)/t19-/m1/s1. The van der Waals surface area contributed by atoms with E-state index in [1.807, 2.05) is 54.6 Å². The molecule has 28 heavy (non-hydrogen) atoms. The summed E-state index contributed by atoms with van der Waals surface area (Å²) in [6.07, 6.45) is -0.646. The third-order valence-electron chi connectivity index (χ3n) is 4.36. The Bertz CT molecular complexity index is 1120. The lowest BCUT2D eigenvalue weighted by molar-refractivity contribution is -0.118. The van der Waals surface area contributed by atoms with E-state index in [-0.39, 0.29) is 10.6 Å². The molecule has 0 radical (unpaired) electrons. The molecule has 1 aliphatic rings. The predicted molar refractivity (Wildman–Crippen MR) is 111 cm³/mol. The molecule has 7 heteroatoms. The van der Waals surface area contributed by atoms with E-state index in [0.717, 1.165) is 11.3 Å². The topological polar surface area (TPSA) is 69.3 Å². The first-order valence-corrected chi connectivity index (χ1v) is 9.25. The molecule has 0 saturated carbocycles. The molecule has 4 rings (SSSR count). The summed E-state index contributed by atoms with van der Waals surface area (Å²) in [5.41, 5.74) is 1.54. The van der Waals surface area contributed by atoms with E-state index in [0.29, 0.717) is 16.5 Å². The van der Waals surface area contributed by atoms with Crippen molar-refractivity contribution < 1.29 is 9.21 Å². The van der Waals surface area contributed by atoms with E-state index < -0.39 is 12.1 Å². The van der Waals surface area contributed by atoms with Gasteiger partial charge in [-0.15, -0.1) is 12.6 Å². The highest BCUT2D eigenvalue weighted by Gasteiger charge is 2.35. The molecule has 3 aromatic rings. The first-order valence-electron chi connectivity index (χ1n) is 8.42. The molecule has 0 unspecified atom stereocenters. The van der Waals surface area contributed by atoms with Crippen LogP contribution in [0.15, 0.2) is 81.7 Å². The monoisotopic (exact) mass is 407 g/mol. The molecule has 1 amide bonds. The molecule has 1 aliphatic heterocycles. The lowest BCUT2D eigenvalue weighted by Gasteiger charge is -2.36. The zero-order valence-corrected chi connectivity index (χ0v) is 16.1. The average Bonchev–Trinajstić information content (AvgIpc) is 3.19. The van der Waals surface area contributed by atoms with Crippen molar-refractivity contribution in [2.24, 2.45) is 0 Å². The van der Waals surface area contributed by atoms with Crippen LogP contribution in [-0.4, -0.2) is 5.91 Å². The van der Waals surface area contributed by atoms with Crippen molar-refractivity contribution in [3.8, 4) is 17.4 Å². The Morgan fingerprint density at radius 2 is 1.89 bits per heavy atom. The van der Waals surface area contributed by atoms with E-state index in [2.05, 4.69) is 17.9 Å². The van der Waals surface area contributed by atoms with E-state index >= 15 is 0 Å². The van der Waals surface area contributed by atoms with Crippen LogP contribution < -0.4 is 10.2 Å². The summed E-state index contributed by atoms with van der Waals surface area (Å²) < 4.78 is 6.03. The molecule has 0 spiro atoms. The summed E-state index contributed by atoms with van der Waals surface area (Å²) in [6.45, 7) is 0. The van der Waals surface area contributed by atoms with Crippen LogP contribution in [0.25, 0.3) is 11.3 Å². The number of nitrogens with one attached hydrogen (secondary N) is 1. The quantitative estimate of drug-likeness (QED) is 0.606. The number of carbonyl (C=O) groups is 1. The Labute approximate surface area is 172 Å². The van der Waals surface area contributed by atoms with Crippen molar-refractivity contribution in [1.29, 1.82) is 5.26 Å². The van der Waals surface area contributed by atoms with Crippen molar-refractivity contribution >= 4 is 35.8 Å². The molecule has 138 valence electrons. The van der Waals surface area contributed by atoms with Gasteiger partial charge in [-0.05, 0) is 36.4 Å². The molecule has 0 saturated heterocycles. The number of nitriles is 1. The Hall–Kier alpha value is -3.14. The molecular formula is C21H14ClN3O2S. The minimum Gasteiger partial charge on any atom is -0.457 e. The minimum atomic E-state index is -0.646. The second-order valence-electron chi connectivity index (χ2n) is 6.10. The number of hydrogen-bond acceptors (Lipinski definition) is 5. The second kappa shape index (κ2) is 7.47. The molecule has 2 aromatic carbocycles. The van der Waals surface area contributed by atoms with Crippen molar-refractivity contribution in [2.75, 3.05) is 4.90 Å². The highest BCUT2D eigenvalue weighted by atomic mass is 35.5. The van der Waals surface area contributed by atoms with Crippen LogP contribution in [0.3, 0.4) is 0 Å². The molecule has 1 atom stereocenters. The van der Waals surface area contributed by atoms with Crippen LogP contribution in [0, 0.1) is 11.3 Å². The van der Waals surface area contributed by atoms with Gasteiger partial charge in [-0.2, -0.15) is 5.26 Å². The summed E-state index contributed by atoms with van der Waals surface area (Å²) in [6, 6.07) is 22.2. The summed E-state index contributed by atoms with van der Waals surface area (Å²) in [5.74, 6) is 0.636. The van der Waals surface area contributed by atoms with E-state index in [1.54, 1.807) is 23.1 Å². The van der Waals surface area contributed by atoms with Crippen LogP contribution >= 0.6 is 24.2 Å². The third-order valence-corrected chi connectivity index (χ3v) is 5.03. The Morgan fingerprint density at radius 3 is 2.61 bits per heavy atom. The van der Waals surface area contributed by atoms with Crippen LogP contribution in [-0.2, 0) is 4.79 Å². The van der Waals surface area contributed by atoms with Gasteiger partial charge in [0.25, 0.3) is 5.91 Å². The predicted octanol–water partition coefficient (Wildman–Crippen LogP) is 4.90. The lowest BCUT2D eigenvalue weighted by atomic mass is 10.1. The Balaban J connectivity index is 1.79. The molecule has 1 N–H and O–H groups in total. The summed E-state index contributed by atoms with van der Waals surface area (Å²) in [5, 5.41) is 13.0. The molecule has 5 nitrogen and oxygen atoms in total. The fourth-order valence-electron chi connectivity index (χ4n) is 3.06. The van der Waals surface area contributed by atoms with Crippen molar-refractivity contribution in [2.45, 2.75) is 6.17 Å². The Kier molecular flexibility index (Phi) is 4.86. The fourth-order valence-corrected chi connectivity index (χ4v) is 3.63. The van der Waals surface area contributed by atoms with Crippen LogP contribution in [0.1, 0.15) is 11.9 Å². The maximum Gasteiger partial charge on any atom is 0.266 e. The van der Waals surface area contributed by atoms with Gasteiger partial charge in [-0.25, -0.2) is 0 Å². The van der Waals surface area contributed by atoms with E-state index in [1.165, 1.54) is 0 Å². The second-order valence-corrected chi connectivity index (χ2v) is 6.96. The number of rotatable bonds is 3. The smallest absolute Gasteiger partial charge is 0.266 e. The normalized spacial score (nSPS) is 16.7. The van der Waals surface area contributed by atoms with Gasteiger partial charge in [0.05, 0.1) is 5.03 Å². The molecule has 0 bridgehead atoms. The number of nitrogens with zero attached hydrogens (tertiary/aromatic N) is 2. The fraction of sp³-hybridized carbons (Fsp3) is 0.0476. The van der Waals surface area contributed by atoms with Gasteiger partial charge in [-0.1, -0.05) is 41.9 Å². The van der Waals surface area contributed by atoms with Gasteiger partial charge in [0, 0.05) is 16.3 Å². The third kappa shape index (κ3) is 3.26. The maximum absolute atomic E-state index is 12.4. The minimum absolute atomic E-state index is 0.0509. The molecule has 2 heterocycles. The first-order chi connectivity index (χ1) is 13.6. The maximum atomic E-state index is 12.4. The highest BCUT2D eigenvalue weighted by Crippen LogP contribution is 2.37.